The number of thioether (sulfide) groups is 1. The van der Waals surface area contributed by atoms with Crippen molar-refractivity contribution < 1.29 is 9.47 Å². The predicted octanol–water partition coefficient (Wildman–Crippen LogP) is 3.66. The van der Waals surface area contributed by atoms with Gasteiger partial charge in [0.15, 0.2) is 5.16 Å². The Bertz CT molecular complexity index is 684. The van der Waals surface area contributed by atoms with Crippen molar-refractivity contribution in [2.75, 3.05) is 14.2 Å². The highest BCUT2D eigenvalue weighted by molar-refractivity contribution is 7.98. The van der Waals surface area contributed by atoms with E-state index in [-0.39, 0.29) is 5.56 Å². The quantitative estimate of drug-likeness (QED) is 0.483. The topological polar surface area (TPSA) is 64.2 Å². The molecule has 1 N–H and O–H groups in total. The number of aromatic nitrogens is 2. The second kappa shape index (κ2) is 7.99. The molecule has 0 unspecified atom stereocenters. The van der Waals surface area contributed by atoms with Crippen molar-refractivity contribution >= 4 is 35.0 Å². The largest absolute Gasteiger partial charge is 0.350 e. The van der Waals surface area contributed by atoms with E-state index in [0.29, 0.717) is 26.6 Å². The first-order valence-electron chi connectivity index (χ1n) is 6.27. The molecule has 2 aromatic rings. The first kappa shape index (κ1) is 17.3. The molecule has 5 nitrogen and oxygen atoms in total. The molecule has 0 radical (unpaired) electrons. The van der Waals surface area contributed by atoms with Crippen molar-refractivity contribution in [1.29, 1.82) is 0 Å². The molecule has 2 rings (SSSR count). The lowest BCUT2D eigenvalue weighted by Crippen LogP contribution is -2.14. The summed E-state index contributed by atoms with van der Waals surface area (Å²) in [4.78, 5) is 18.7. The number of halogens is 2. The molecule has 0 aliphatic carbocycles. The third-order valence-corrected chi connectivity index (χ3v) is 4.43. The lowest BCUT2D eigenvalue weighted by atomic mass is 10.2. The third-order valence-electron chi connectivity index (χ3n) is 2.82. The van der Waals surface area contributed by atoms with Crippen LogP contribution in [0.25, 0.3) is 0 Å². The number of nitrogens with one attached hydrogen (secondary N) is 1. The summed E-state index contributed by atoms with van der Waals surface area (Å²) in [7, 11) is 2.96. The normalized spacial score (nSPS) is 11.1. The predicted molar refractivity (Wildman–Crippen MR) is 87.6 cm³/mol. The molecule has 0 spiro atoms. The van der Waals surface area contributed by atoms with Gasteiger partial charge in [0.1, 0.15) is 5.69 Å². The molecule has 118 valence electrons. The van der Waals surface area contributed by atoms with Crippen LogP contribution in [0.1, 0.15) is 17.5 Å². The number of nitrogens with zero attached hydrogens (tertiary/aromatic N) is 1. The van der Waals surface area contributed by atoms with Crippen LogP contribution < -0.4 is 5.56 Å². The van der Waals surface area contributed by atoms with E-state index in [0.717, 1.165) is 5.56 Å². The number of H-pyrrole nitrogens is 1. The molecular formula is C14H14Cl2N2O3S. The summed E-state index contributed by atoms with van der Waals surface area (Å²) in [6.07, 6.45) is -0.689. The van der Waals surface area contributed by atoms with Crippen molar-refractivity contribution in [3.63, 3.8) is 0 Å². The van der Waals surface area contributed by atoms with E-state index < -0.39 is 6.29 Å². The smallest absolute Gasteiger partial charge is 0.251 e. The SMILES string of the molecule is COC(OC)c1cc(=O)[nH]c(SCc2c(Cl)cccc2Cl)n1. The summed E-state index contributed by atoms with van der Waals surface area (Å²) in [6.45, 7) is 0. The number of aromatic amines is 1. The number of hydrogen-bond acceptors (Lipinski definition) is 5. The zero-order valence-electron chi connectivity index (χ0n) is 11.9. The minimum absolute atomic E-state index is 0.281. The number of ether oxygens (including phenoxy) is 2. The van der Waals surface area contributed by atoms with E-state index in [9.17, 15) is 4.79 Å². The average molecular weight is 361 g/mol. The van der Waals surface area contributed by atoms with Crippen LogP contribution in [0, 0.1) is 0 Å². The van der Waals surface area contributed by atoms with E-state index in [2.05, 4.69) is 9.97 Å². The number of rotatable bonds is 6. The van der Waals surface area contributed by atoms with Crippen LogP contribution in [0.15, 0.2) is 34.2 Å². The highest BCUT2D eigenvalue weighted by atomic mass is 35.5. The summed E-state index contributed by atoms with van der Waals surface area (Å²) in [6, 6.07) is 6.65. The van der Waals surface area contributed by atoms with Gasteiger partial charge in [-0.25, -0.2) is 4.98 Å². The summed E-state index contributed by atoms with van der Waals surface area (Å²) < 4.78 is 10.2. The first-order valence-corrected chi connectivity index (χ1v) is 8.02. The summed E-state index contributed by atoms with van der Waals surface area (Å²) in [5.74, 6) is 0.482. The molecule has 0 atom stereocenters. The van der Waals surface area contributed by atoms with Gasteiger partial charge < -0.3 is 14.5 Å². The van der Waals surface area contributed by atoms with E-state index >= 15 is 0 Å². The van der Waals surface area contributed by atoms with Crippen LogP contribution in [-0.4, -0.2) is 24.2 Å². The minimum atomic E-state index is -0.689. The van der Waals surface area contributed by atoms with Crippen LogP contribution in [0.4, 0.5) is 0 Å². The van der Waals surface area contributed by atoms with E-state index in [1.807, 2.05) is 0 Å². The molecule has 0 amide bonds. The monoisotopic (exact) mass is 360 g/mol. The summed E-state index contributed by atoms with van der Waals surface area (Å²) in [5, 5.41) is 1.59. The zero-order chi connectivity index (χ0) is 16.1. The lowest BCUT2D eigenvalue weighted by Gasteiger charge is -2.13. The van der Waals surface area contributed by atoms with Crippen molar-refractivity contribution in [2.45, 2.75) is 17.2 Å². The molecular weight excluding hydrogens is 347 g/mol. The fraction of sp³-hybridized carbons (Fsp3) is 0.286. The Morgan fingerprint density at radius 3 is 2.50 bits per heavy atom. The molecule has 0 saturated carbocycles. The van der Waals surface area contributed by atoms with Crippen LogP contribution >= 0.6 is 35.0 Å². The molecule has 0 aliphatic heterocycles. The fourth-order valence-corrected chi connectivity index (χ4v) is 3.42. The standard InChI is InChI=1S/C14H14Cl2N2O3S/c1-20-13(21-2)11-6-12(19)18-14(17-11)22-7-8-9(15)4-3-5-10(8)16/h3-6,13H,7H2,1-2H3,(H,17,18,19). The average Bonchev–Trinajstić information content (AvgIpc) is 2.47. The summed E-state index contributed by atoms with van der Waals surface area (Å²) in [5.41, 5.74) is 0.914. The molecule has 22 heavy (non-hydrogen) atoms. The van der Waals surface area contributed by atoms with Crippen molar-refractivity contribution in [3.05, 3.63) is 55.9 Å². The highest BCUT2D eigenvalue weighted by Crippen LogP contribution is 2.30. The number of benzene rings is 1. The van der Waals surface area contributed by atoms with Gasteiger partial charge in [-0.05, 0) is 17.7 Å². The van der Waals surface area contributed by atoms with Gasteiger partial charge in [0.2, 0.25) is 6.29 Å². The number of methoxy groups -OCH3 is 2. The van der Waals surface area contributed by atoms with Gasteiger partial charge in [-0.1, -0.05) is 41.0 Å². The Hall–Kier alpha value is -1.05. The van der Waals surface area contributed by atoms with E-state index in [4.69, 9.17) is 32.7 Å². The molecule has 0 fully saturated rings. The first-order chi connectivity index (χ1) is 10.5. The lowest BCUT2D eigenvalue weighted by molar-refractivity contribution is -0.109. The van der Waals surface area contributed by atoms with Gasteiger partial charge in [-0.15, -0.1) is 0 Å². The van der Waals surface area contributed by atoms with Crippen molar-refractivity contribution in [3.8, 4) is 0 Å². The summed E-state index contributed by atoms with van der Waals surface area (Å²) >= 11 is 13.6. The molecule has 0 aliphatic rings. The molecule has 1 heterocycles. The van der Waals surface area contributed by atoms with E-state index in [1.54, 1.807) is 18.2 Å². The van der Waals surface area contributed by atoms with Crippen LogP contribution in [0.2, 0.25) is 10.0 Å². The van der Waals surface area contributed by atoms with Crippen LogP contribution in [-0.2, 0) is 15.2 Å². The van der Waals surface area contributed by atoms with Crippen molar-refractivity contribution in [2.24, 2.45) is 0 Å². The van der Waals surface area contributed by atoms with Gasteiger partial charge in [0, 0.05) is 36.1 Å². The molecule has 1 aromatic carbocycles. The highest BCUT2D eigenvalue weighted by Gasteiger charge is 2.14. The second-order valence-electron chi connectivity index (χ2n) is 4.27. The maximum absolute atomic E-state index is 11.7. The molecule has 1 aromatic heterocycles. The maximum atomic E-state index is 11.7. The van der Waals surface area contributed by atoms with Gasteiger partial charge in [0.05, 0.1) is 0 Å². The van der Waals surface area contributed by atoms with E-state index in [1.165, 1.54) is 32.0 Å². The number of hydrogen-bond donors (Lipinski definition) is 1. The van der Waals surface area contributed by atoms with Crippen molar-refractivity contribution in [1.82, 2.24) is 9.97 Å². The Morgan fingerprint density at radius 1 is 1.27 bits per heavy atom. The Balaban J connectivity index is 2.21. The maximum Gasteiger partial charge on any atom is 0.251 e. The Labute approximate surface area is 142 Å². The third kappa shape index (κ3) is 4.24. The Kier molecular flexibility index (Phi) is 6.28. The van der Waals surface area contributed by atoms with Gasteiger partial charge in [-0.2, -0.15) is 0 Å². The second-order valence-corrected chi connectivity index (χ2v) is 6.05. The zero-order valence-corrected chi connectivity index (χ0v) is 14.3. The van der Waals surface area contributed by atoms with Gasteiger partial charge >= 0.3 is 0 Å². The molecule has 0 bridgehead atoms. The fourth-order valence-electron chi connectivity index (χ4n) is 1.79. The molecule has 0 saturated heterocycles. The van der Waals surface area contributed by atoms with Gasteiger partial charge in [0.25, 0.3) is 5.56 Å². The van der Waals surface area contributed by atoms with Crippen LogP contribution in [0.5, 0.6) is 0 Å². The minimum Gasteiger partial charge on any atom is -0.350 e. The van der Waals surface area contributed by atoms with Crippen LogP contribution in [0.3, 0.4) is 0 Å². The molecule has 8 heteroatoms. The van der Waals surface area contributed by atoms with Gasteiger partial charge in [-0.3, -0.25) is 4.79 Å². The Morgan fingerprint density at radius 2 is 1.91 bits per heavy atom.